The summed E-state index contributed by atoms with van der Waals surface area (Å²) < 4.78 is 5.45. The van der Waals surface area contributed by atoms with Crippen LogP contribution < -0.4 is 10.6 Å². The molecule has 2 saturated heterocycles. The molecule has 0 bridgehead atoms. The van der Waals surface area contributed by atoms with Crippen LogP contribution in [0.25, 0.3) is 0 Å². The molecule has 2 aromatic rings. The van der Waals surface area contributed by atoms with Gasteiger partial charge in [-0.3, -0.25) is 24.4 Å². The van der Waals surface area contributed by atoms with Gasteiger partial charge in [0.15, 0.2) is 0 Å². The van der Waals surface area contributed by atoms with Gasteiger partial charge in [0.25, 0.3) is 5.91 Å². The Morgan fingerprint density at radius 3 is 2.56 bits per heavy atom. The van der Waals surface area contributed by atoms with Crippen LogP contribution in [0.15, 0.2) is 66.1 Å². The Balaban J connectivity index is 1.33. The first kappa shape index (κ1) is 23.5. The Kier molecular flexibility index (Phi) is 5.92. The van der Waals surface area contributed by atoms with Crippen molar-refractivity contribution < 1.29 is 29.0 Å². The van der Waals surface area contributed by atoms with Gasteiger partial charge in [-0.05, 0) is 24.1 Å². The molecule has 0 spiro atoms. The molecule has 11 heteroatoms. The number of carbonyl (C=O) groups excluding carboxylic acids is 3. The van der Waals surface area contributed by atoms with Crippen LogP contribution in [-0.4, -0.2) is 76.1 Å². The number of hydrogen-bond donors (Lipinski definition) is 2. The van der Waals surface area contributed by atoms with Crippen LogP contribution in [0.4, 0.5) is 10.5 Å². The van der Waals surface area contributed by atoms with Gasteiger partial charge in [0.2, 0.25) is 5.91 Å². The van der Waals surface area contributed by atoms with Gasteiger partial charge >= 0.3 is 12.1 Å². The fourth-order valence-electron chi connectivity index (χ4n) is 5.32. The Morgan fingerprint density at radius 2 is 1.89 bits per heavy atom. The number of carbonyl (C=O) groups is 4. The molecular weight excluding hydrogens is 466 g/mol. The molecule has 186 valence electrons. The zero-order chi connectivity index (χ0) is 25.6. The summed E-state index contributed by atoms with van der Waals surface area (Å²) in [7, 11) is 1.53. The van der Waals surface area contributed by atoms with E-state index in [4.69, 9.17) is 10.5 Å². The van der Waals surface area contributed by atoms with E-state index >= 15 is 0 Å². The summed E-state index contributed by atoms with van der Waals surface area (Å²) in [4.78, 5) is 58.9. The maximum absolute atomic E-state index is 13.2. The summed E-state index contributed by atoms with van der Waals surface area (Å²) in [5.74, 6) is -2.46. The normalized spacial score (nSPS) is 23.1. The number of nitrogens with two attached hydrogens (primary N) is 1. The molecule has 3 aliphatic heterocycles. The van der Waals surface area contributed by atoms with Gasteiger partial charge in [-0.25, -0.2) is 9.59 Å². The fraction of sp³-hybridized carbons (Fsp3) is 0.320. The van der Waals surface area contributed by atoms with Gasteiger partial charge in [-0.15, -0.1) is 0 Å². The number of β-lactam (4-membered cyclic amide) rings is 1. The lowest BCUT2D eigenvalue weighted by atomic mass is 9.78. The molecule has 36 heavy (non-hydrogen) atoms. The van der Waals surface area contributed by atoms with Crippen molar-refractivity contribution in [2.24, 2.45) is 11.7 Å². The smallest absolute Gasteiger partial charge is 0.414 e. The maximum atomic E-state index is 13.2. The number of likely N-dealkylation sites (tertiary alicyclic amines) is 1. The van der Waals surface area contributed by atoms with Crippen LogP contribution in [0, 0.1) is 5.92 Å². The fourth-order valence-corrected chi connectivity index (χ4v) is 5.32. The van der Waals surface area contributed by atoms with Crippen molar-refractivity contribution in [2.75, 3.05) is 25.1 Å². The van der Waals surface area contributed by atoms with Crippen LogP contribution in [0.1, 0.15) is 18.0 Å². The maximum Gasteiger partial charge on any atom is 0.414 e. The van der Waals surface area contributed by atoms with E-state index in [0.717, 1.165) is 0 Å². The Bertz CT molecular complexity index is 1250. The first-order valence-electron chi connectivity index (χ1n) is 11.5. The van der Waals surface area contributed by atoms with Crippen LogP contribution in [0.5, 0.6) is 0 Å². The number of carboxylic acid groups (broad SMARTS) is 1. The Labute approximate surface area is 206 Å². The minimum atomic E-state index is -1.27. The molecule has 4 heterocycles. The van der Waals surface area contributed by atoms with Gasteiger partial charge in [0.05, 0.1) is 6.04 Å². The van der Waals surface area contributed by atoms with Gasteiger partial charge in [0, 0.05) is 43.2 Å². The second-order valence-electron chi connectivity index (χ2n) is 8.96. The lowest BCUT2D eigenvalue weighted by Crippen LogP contribution is -2.74. The third kappa shape index (κ3) is 3.68. The summed E-state index contributed by atoms with van der Waals surface area (Å²) in [6.07, 6.45) is 2.83. The summed E-state index contributed by atoms with van der Waals surface area (Å²) in [6.45, 7) is -0.0307. The highest BCUT2D eigenvalue weighted by Gasteiger charge is 2.64. The summed E-state index contributed by atoms with van der Waals surface area (Å²) in [5, 5.41) is 9.90. The van der Waals surface area contributed by atoms with Gasteiger partial charge in [-0.2, -0.15) is 0 Å². The van der Waals surface area contributed by atoms with Gasteiger partial charge < -0.3 is 20.5 Å². The van der Waals surface area contributed by atoms with Crippen LogP contribution in [0.3, 0.4) is 0 Å². The number of hydrogen-bond acceptors (Lipinski definition) is 7. The Hall–Kier alpha value is -4.25. The molecule has 5 rings (SSSR count). The molecule has 3 aliphatic rings. The van der Waals surface area contributed by atoms with Crippen molar-refractivity contribution in [3.8, 4) is 0 Å². The van der Waals surface area contributed by atoms with E-state index in [1.165, 1.54) is 34.1 Å². The molecule has 1 aromatic carbocycles. The summed E-state index contributed by atoms with van der Waals surface area (Å²) in [6, 6.07) is 9.92. The molecule has 3 N–H and O–H groups in total. The molecular formula is C25H25N5O6. The second-order valence-corrected chi connectivity index (χ2v) is 8.96. The molecule has 11 nitrogen and oxygen atoms in total. The van der Waals surface area contributed by atoms with E-state index in [-0.39, 0.29) is 30.7 Å². The van der Waals surface area contributed by atoms with Crippen LogP contribution in [0.2, 0.25) is 0 Å². The number of nitrogens with zero attached hydrogens (tertiary/aromatic N) is 4. The lowest BCUT2D eigenvalue weighted by Gasteiger charge is -2.53. The highest BCUT2D eigenvalue weighted by Crippen LogP contribution is 2.49. The number of benzene rings is 1. The van der Waals surface area contributed by atoms with Crippen molar-refractivity contribution in [3.63, 3.8) is 0 Å². The molecule has 1 unspecified atom stereocenters. The van der Waals surface area contributed by atoms with E-state index in [0.29, 0.717) is 23.2 Å². The van der Waals surface area contributed by atoms with E-state index in [1.807, 2.05) is 6.07 Å². The SMILES string of the molecule is CN(C(=O)OCC1=C(C(=O)O)N2C(=O)[C@@H]3[C@H]2C1CCN3C(=O)[C@H](N)c1ccccc1)c1ccncc1. The van der Waals surface area contributed by atoms with Crippen molar-refractivity contribution in [3.05, 3.63) is 71.7 Å². The van der Waals surface area contributed by atoms with E-state index in [9.17, 15) is 24.3 Å². The average Bonchev–Trinajstić information content (AvgIpc) is 3.23. The number of aromatic nitrogens is 1. The van der Waals surface area contributed by atoms with Crippen molar-refractivity contribution in [1.82, 2.24) is 14.8 Å². The Morgan fingerprint density at radius 1 is 1.19 bits per heavy atom. The van der Waals surface area contributed by atoms with Crippen molar-refractivity contribution in [1.29, 1.82) is 0 Å². The van der Waals surface area contributed by atoms with E-state index in [1.54, 1.807) is 36.4 Å². The predicted molar refractivity (Wildman–Crippen MR) is 126 cm³/mol. The number of carboxylic acids is 1. The number of piperidine rings is 1. The summed E-state index contributed by atoms with van der Waals surface area (Å²) >= 11 is 0. The van der Waals surface area contributed by atoms with Crippen LogP contribution in [-0.2, 0) is 19.1 Å². The van der Waals surface area contributed by atoms with Gasteiger partial charge in [-0.1, -0.05) is 30.3 Å². The largest absolute Gasteiger partial charge is 0.477 e. The first-order valence-corrected chi connectivity index (χ1v) is 11.5. The first-order chi connectivity index (χ1) is 17.3. The summed E-state index contributed by atoms with van der Waals surface area (Å²) in [5.41, 5.74) is 7.60. The molecule has 0 saturated carbocycles. The lowest BCUT2D eigenvalue weighted by molar-refractivity contribution is -0.169. The standard InChI is InChI=1S/C25H25N5O6/c1-28(15-7-10-27-11-8-15)25(35)36-13-17-16-9-12-29(22(31)18(26)14-5-3-2-4-6-14)21-19(16)30(23(21)32)20(17)24(33)34/h2-8,10-11,16,18-19,21H,9,12-13,26H2,1H3,(H,33,34)/t16?,18-,19-,21+/m1/s1. The minimum Gasteiger partial charge on any atom is -0.477 e. The number of ether oxygens (including phenoxy) is 1. The van der Waals surface area contributed by atoms with Crippen molar-refractivity contribution in [2.45, 2.75) is 24.5 Å². The molecule has 2 fully saturated rings. The molecule has 1 aromatic heterocycles. The predicted octanol–water partition coefficient (Wildman–Crippen LogP) is 1.13. The third-order valence-electron chi connectivity index (χ3n) is 7.12. The van der Waals surface area contributed by atoms with Crippen LogP contribution >= 0.6 is 0 Å². The highest BCUT2D eigenvalue weighted by molar-refractivity contribution is 6.03. The van der Waals surface area contributed by atoms with E-state index < -0.39 is 36.1 Å². The molecule has 4 atom stereocenters. The van der Waals surface area contributed by atoms with Crippen molar-refractivity contribution >= 4 is 29.6 Å². The number of anilines is 1. The quantitative estimate of drug-likeness (QED) is 0.572. The zero-order valence-electron chi connectivity index (χ0n) is 19.5. The average molecular weight is 492 g/mol. The number of pyridine rings is 1. The molecule has 0 aliphatic carbocycles. The number of rotatable bonds is 6. The number of aliphatic carboxylic acids is 1. The second kappa shape index (κ2) is 9.08. The minimum absolute atomic E-state index is 0.174. The third-order valence-corrected chi connectivity index (χ3v) is 7.12. The zero-order valence-corrected chi connectivity index (χ0v) is 19.5. The van der Waals surface area contributed by atoms with E-state index in [2.05, 4.69) is 4.98 Å². The molecule has 3 amide bonds. The monoisotopic (exact) mass is 491 g/mol. The topological polar surface area (TPSA) is 146 Å². The molecule has 0 radical (unpaired) electrons. The van der Waals surface area contributed by atoms with Gasteiger partial charge in [0.1, 0.15) is 24.4 Å². The highest BCUT2D eigenvalue weighted by atomic mass is 16.6. The number of amides is 3.